The average molecular weight is 289 g/mol. The van der Waals surface area contributed by atoms with E-state index in [4.69, 9.17) is 11.6 Å². The lowest BCUT2D eigenvalue weighted by Gasteiger charge is -2.11. The Labute approximate surface area is 120 Å². The van der Waals surface area contributed by atoms with Gasteiger partial charge in [-0.15, -0.1) is 0 Å². The molecule has 0 bridgehead atoms. The van der Waals surface area contributed by atoms with Gasteiger partial charge in [-0.3, -0.25) is 4.57 Å². The number of fused-ring (bicyclic) bond motifs is 1. The Morgan fingerprint density at radius 3 is 2.85 bits per heavy atom. The molecule has 0 amide bonds. The van der Waals surface area contributed by atoms with Gasteiger partial charge in [-0.25, -0.2) is 9.78 Å². The lowest BCUT2D eigenvalue weighted by atomic mass is 10.2. The molecule has 0 atom stereocenters. The number of aromatic nitrogens is 4. The van der Waals surface area contributed by atoms with Crippen LogP contribution in [0.2, 0.25) is 5.15 Å². The summed E-state index contributed by atoms with van der Waals surface area (Å²) in [6.45, 7) is 3.15. The first kappa shape index (κ1) is 12.9. The number of hydrogen-bond acceptors (Lipinski definition) is 3. The molecule has 1 aromatic rings. The maximum Gasteiger partial charge on any atom is 0.350 e. The quantitative estimate of drug-likeness (QED) is 0.695. The van der Waals surface area contributed by atoms with Crippen molar-refractivity contribution in [3.63, 3.8) is 0 Å². The minimum Gasteiger partial charge on any atom is -0.327 e. The third-order valence-corrected chi connectivity index (χ3v) is 3.43. The van der Waals surface area contributed by atoms with Crippen LogP contribution in [0.15, 0.2) is 41.5 Å². The molecule has 5 nitrogen and oxygen atoms in total. The van der Waals surface area contributed by atoms with Crippen LogP contribution in [0.25, 0.3) is 11.5 Å². The maximum atomic E-state index is 11.8. The number of hydrogen-bond donors (Lipinski definition) is 0. The first-order valence-electron chi connectivity index (χ1n) is 6.35. The molecule has 0 N–H and O–H groups in total. The maximum absolute atomic E-state index is 11.8. The fourth-order valence-electron chi connectivity index (χ4n) is 2.25. The molecule has 3 rings (SSSR count). The first-order valence-corrected chi connectivity index (χ1v) is 6.73. The third kappa shape index (κ3) is 2.20. The van der Waals surface area contributed by atoms with Crippen molar-refractivity contribution in [1.82, 2.24) is 19.1 Å². The van der Waals surface area contributed by atoms with E-state index in [9.17, 15) is 4.79 Å². The molecule has 0 aliphatic carbocycles. The van der Waals surface area contributed by atoms with E-state index in [1.54, 1.807) is 16.8 Å². The lowest BCUT2D eigenvalue weighted by molar-refractivity contribution is 0.734. The van der Waals surface area contributed by atoms with E-state index in [1.165, 1.54) is 0 Å². The van der Waals surface area contributed by atoms with Crippen molar-refractivity contribution in [3.8, 4) is 11.5 Å². The van der Waals surface area contributed by atoms with Crippen LogP contribution >= 0.6 is 11.6 Å². The Balaban J connectivity index is 2.02. The van der Waals surface area contributed by atoms with Gasteiger partial charge in [-0.1, -0.05) is 17.7 Å². The van der Waals surface area contributed by atoms with E-state index in [0.717, 1.165) is 11.3 Å². The molecule has 2 aliphatic rings. The average Bonchev–Trinajstić information content (AvgIpc) is 2.78. The standard InChI is InChI=1S/C14H13ClN4O/c1-2-19-11-4-3-7-18(13(11)17-14(19)20)9-10-5-6-12(15)16-8-10/h3-8H,2,9H2,1H3. The largest absolute Gasteiger partial charge is 0.350 e. The van der Waals surface area contributed by atoms with Crippen LogP contribution in [0.1, 0.15) is 12.5 Å². The minimum atomic E-state index is -0.211. The number of pyridine rings is 2. The lowest BCUT2D eigenvalue weighted by Crippen LogP contribution is -2.14. The number of halogens is 1. The first-order chi connectivity index (χ1) is 9.69. The monoisotopic (exact) mass is 288 g/mol. The normalized spacial score (nSPS) is 11.1. The zero-order valence-electron chi connectivity index (χ0n) is 11.0. The van der Waals surface area contributed by atoms with Gasteiger partial charge in [0.05, 0.1) is 12.2 Å². The number of nitrogens with zero attached hydrogens (tertiary/aromatic N) is 4. The van der Waals surface area contributed by atoms with Crippen molar-refractivity contribution < 1.29 is 0 Å². The third-order valence-electron chi connectivity index (χ3n) is 3.20. The van der Waals surface area contributed by atoms with E-state index < -0.39 is 0 Å². The highest BCUT2D eigenvalue weighted by Crippen LogP contribution is 2.19. The van der Waals surface area contributed by atoms with Crippen molar-refractivity contribution in [1.29, 1.82) is 0 Å². The molecule has 20 heavy (non-hydrogen) atoms. The van der Waals surface area contributed by atoms with Crippen LogP contribution < -0.4 is 5.69 Å². The van der Waals surface area contributed by atoms with Gasteiger partial charge in [-0.2, -0.15) is 4.98 Å². The molecule has 0 saturated heterocycles. The molecular formula is C14H13ClN4O. The van der Waals surface area contributed by atoms with Crippen LogP contribution in [0.5, 0.6) is 0 Å². The minimum absolute atomic E-state index is 0.211. The van der Waals surface area contributed by atoms with Gasteiger partial charge < -0.3 is 4.57 Å². The zero-order chi connectivity index (χ0) is 14.1. The highest BCUT2D eigenvalue weighted by atomic mass is 35.5. The molecule has 2 aliphatic heterocycles. The molecule has 0 spiro atoms. The van der Waals surface area contributed by atoms with E-state index in [1.807, 2.05) is 35.9 Å². The SMILES string of the molecule is CCn1c2cccn(Cc3ccc(Cl)nc3)c-2nc1=O. The van der Waals surface area contributed by atoms with Gasteiger partial charge in [0, 0.05) is 18.9 Å². The summed E-state index contributed by atoms with van der Waals surface area (Å²) < 4.78 is 3.60. The summed E-state index contributed by atoms with van der Waals surface area (Å²) in [5.74, 6) is 0.689. The predicted octanol–water partition coefficient (Wildman–Crippen LogP) is 2.27. The van der Waals surface area contributed by atoms with Crippen molar-refractivity contribution in [3.05, 3.63) is 57.9 Å². The van der Waals surface area contributed by atoms with Gasteiger partial charge in [0.2, 0.25) is 0 Å². The van der Waals surface area contributed by atoms with E-state index in [0.29, 0.717) is 24.1 Å². The van der Waals surface area contributed by atoms with Gasteiger partial charge in [0.1, 0.15) is 5.15 Å². The van der Waals surface area contributed by atoms with Gasteiger partial charge in [-0.05, 0) is 30.7 Å². The Bertz CT molecular complexity index is 760. The highest BCUT2D eigenvalue weighted by molar-refractivity contribution is 6.29. The predicted molar refractivity (Wildman–Crippen MR) is 77.1 cm³/mol. The van der Waals surface area contributed by atoms with Crippen LogP contribution in [0, 0.1) is 0 Å². The molecule has 0 fully saturated rings. The van der Waals surface area contributed by atoms with E-state index >= 15 is 0 Å². The molecule has 102 valence electrons. The van der Waals surface area contributed by atoms with Gasteiger partial charge in [0.25, 0.3) is 0 Å². The molecule has 0 saturated carbocycles. The summed E-state index contributed by atoms with van der Waals surface area (Å²) in [6.07, 6.45) is 3.63. The molecule has 6 heteroatoms. The molecule has 3 heterocycles. The summed E-state index contributed by atoms with van der Waals surface area (Å²) in [5, 5.41) is 0.467. The number of imidazole rings is 1. The van der Waals surface area contributed by atoms with Crippen molar-refractivity contribution >= 4 is 11.6 Å². The Morgan fingerprint density at radius 1 is 1.30 bits per heavy atom. The Hall–Kier alpha value is -2.14. The fraction of sp³-hybridized carbons (Fsp3) is 0.214. The zero-order valence-corrected chi connectivity index (χ0v) is 11.7. The molecule has 1 aromatic heterocycles. The van der Waals surface area contributed by atoms with Crippen molar-refractivity contribution in [2.24, 2.45) is 0 Å². The van der Waals surface area contributed by atoms with E-state index in [2.05, 4.69) is 9.97 Å². The summed E-state index contributed by atoms with van der Waals surface area (Å²) in [7, 11) is 0. The van der Waals surface area contributed by atoms with Gasteiger partial charge in [0.15, 0.2) is 5.82 Å². The van der Waals surface area contributed by atoms with Crippen LogP contribution in [-0.4, -0.2) is 19.1 Å². The topological polar surface area (TPSA) is 52.7 Å². The summed E-state index contributed by atoms with van der Waals surface area (Å²) in [4.78, 5) is 20.0. The van der Waals surface area contributed by atoms with Crippen LogP contribution in [0.3, 0.4) is 0 Å². The summed E-state index contributed by atoms with van der Waals surface area (Å²) in [6, 6.07) is 7.49. The van der Waals surface area contributed by atoms with Crippen LogP contribution in [-0.2, 0) is 13.1 Å². The molecule has 0 radical (unpaired) electrons. The number of rotatable bonds is 3. The smallest absolute Gasteiger partial charge is 0.327 e. The second kappa shape index (κ2) is 5.09. The Morgan fingerprint density at radius 2 is 2.15 bits per heavy atom. The van der Waals surface area contributed by atoms with Crippen molar-refractivity contribution in [2.45, 2.75) is 20.0 Å². The summed E-state index contributed by atoms with van der Waals surface area (Å²) >= 11 is 5.78. The summed E-state index contributed by atoms with van der Waals surface area (Å²) in [5.41, 5.74) is 1.64. The second-order valence-corrected chi connectivity index (χ2v) is 4.86. The highest BCUT2D eigenvalue weighted by Gasteiger charge is 2.15. The fourth-order valence-corrected chi connectivity index (χ4v) is 2.36. The van der Waals surface area contributed by atoms with E-state index in [-0.39, 0.29) is 5.69 Å². The van der Waals surface area contributed by atoms with Crippen LogP contribution in [0.4, 0.5) is 0 Å². The Kier molecular flexibility index (Phi) is 3.28. The van der Waals surface area contributed by atoms with Gasteiger partial charge >= 0.3 is 5.69 Å². The molecule has 0 unspecified atom stereocenters. The van der Waals surface area contributed by atoms with Crippen molar-refractivity contribution in [2.75, 3.05) is 0 Å². The second-order valence-electron chi connectivity index (χ2n) is 4.47. The molecular weight excluding hydrogens is 276 g/mol. The molecule has 0 aromatic carbocycles.